The molecule has 1 N–H and O–H groups in total. The van der Waals surface area contributed by atoms with E-state index >= 15 is 0 Å². The van der Waals surface area contributed by atoms with E-state index in [1.165, 1.54) is 17.8 Å². The van der Waals surface area contributed by atoms with Crippen LogP contribution in [0.2, 0.25) is 5.02 Å². The third-order valence-electron chi connectivity index (χ3n) is 6.06. The van der Waals surface area contributed by atoms with Gasteiger partial charge in [0.15, 0.2) is 0 Å². The predicted molar refractivity (Wildman–Crippen MR) is 134 cm³/mol. The van der Waals surface area contributed by atoms with Gasteiger partial charge in [-0.2, -0.15) is 0 Å². The molecule has 1 aliphatic carbocycles. The van der Waals surface area contributed by atoms with E-state index in [4.69, 9.17) is 11.6 Å². The normalized spacial score (nSPS) is 14.8. The number of benzene rings is 2. The molecule has 0 spiro atoms. The van der Waals surface area contributed by atoms with E-state index in [1.807, 2.05) is 38.1 Å². The number of carbonyl (C=O) groups excluding carboxylic acids is 2. The number of rotatable bonds is 10. The molecule has 2 aromatic carbocycles. The molecular weight excluding hydrogens is 459 g/mol. The molecule has 3 rings (SSSR count). The molecule has 1 aliphatic rings. The number of nitrogens with zero attached hydrogens (tertiary/aromatic N) is 1. The minimum absolute atomic E-state index is 0.0902. The van der Waals surface area contributed by atoms with Crippen LogP contribution in [0.1, 0.15) is 55.7 Å². The van der Waals surface area contributed by atoms with Crippen LogP contribution < -0.4 is 5.32 Å². The monoisotopic (exact) mass is 490 g/mol. The first-order valence-electron chi connectivity index (χ1n) is 11.5. The summed E-state index contributed by atoms with van der Waals surface area (Å²) in [5.74, 6) is -0.166. The maximum atomic E-state index is 14.1. The fraction of sp³-hybridized carbons (Fsp3) is 0.462. The summed E-state index contributed by atoms with van der Waals surface area (Å²) < 4.78 is 14.1. The second-order valence-corrected chi connectivity index (χ2v) is 10.0. The number of amides is 2. The lowest BCUT2D eigenvalue weighted by atomic mass is 10.1. The number of hydrogen-bond acceptors (Lipinski definition) is 3. The number of thioether (sulfide) groups is 1. The van der Waals surface area contributed by atoms with Gasteiger partial charge in [0.05, 0.1) is 5.75 Å². The zero-order valence-corrected chi connectivity index (χ0v) is 20.9. The summed E-state index contributed by atoms with van der Waals surface area (Å²) >= 11 is 7.43. The van der Waals surface area contributed by atoms with Crippen LogP contribution in [-0.4, -0.2) is 34.6 Å². The first-order chi connectivity index (χ1) is 15.9. The molecule has 0 saturated heterocycles. The SMILES string of the molecule is CCC(C(=O)NC1CCCC1)N(Cc1cccc(C)c1)C(=O)CSCc1c(F)cccc1Cl. The van der Waals surface area contributed by atoms with Crippen molar-refractivity contribution in [3.63, 3.8) is 0 Å². The zero-order chi connectivity index (χ0) is 23.8. The Morgan fingerprint density at radius 2 is 1.94 bits per heavy atom. The Kier molecular flexibility index (Phi) is 9.63. The molecule has 1 fully saturated rings. The van der Waals surface area contributed by atoms with E-state index < -0.39 is 6.04 Å². The standard InChI is InChI=1S/C26H32ClFN2O2S/c1-3-24(26(32)29-20-10-4-5-11-20)30(15-19-9-6-8-18(2)14-19)25(31)17-33-16-21-22(27)12-7-13-23(21)28/h6-9,12-14,20,24H,3-5,10-11,15-17H2,1-2H3,(H,29,32). The number of carbonyl (C=O) groups is 2. The minimum Gasteiger partial charge on any atom is -0.352 e. The number of nitrogens with one attached hydrogen (secondary N) is 1. The Hall–Kier alpha value is -2.05. The van der Waals surface area contributed by atoms with Crippen LogP contribution in [0.3, 0.4) is 0 Å². The molecule has 33 heavy (non-hydrogen) atoms. The van der Waals surface area contributed by atoms with Gasteiger partial charge in [0.2, 0.25) is 11.8 Å². The van der Waals surface area contributed by atoms with E-state index in [1.54, 1.807) is 17.0 Å². The second kappa shape index (κ2) is 12.4. The van der Waals surface area contributed by atoms with Crippen molar-refractivity contribution in [3.8, 4) is 0 Å². The maximum absolute atomic E-state index is 14.1. The van der Waals surface area contributed by atoms with Crippen molar-refractivity contribution < 1.29 is 14.0 Å². The summed E-state index contributed by atoms with van der Waals surface area (Å²) in [6.07, 6.45) is 4.77. The molecule has 1 unspecified atom stereocenters. The molecule has 4 nitrogen and oxygen atoms in total. The lowest BCUT2D eigenvalue weighted by Gasteiger charge is -2.31. The van der Waals surface area contributed by atoms with Gasteiger partial charge >= 0.3 is 0 Å². The van der Waals surface area contributed by atoms with Crippen molar-refractivity contribution in [1.82, 2.24) is 10.2 Å². The Morgan fingerprint density at radius 3 is 2.61 bits per heavy atom. The van der Waals surface area contributed by atoms with Crippen molar-refractivity contribution in [1.29, 1.82) is 0 Å². The van der Waals surface area contributed by atoms with Gasteiger partial charge in [0, 0.05) is 28.9 Å². The summed E-state index contributed by atoms with van der Waals surface area (Å²) in [4.78, 5) is 28.1. The second-order valence-electron chi connectivity index (χ2n) is 8.62. The molecule has 1 atom stereocenters. The lowest BCUT2D eigenvalue weighted by molar-refractivity contribution is -0.139. The summed E-state index contributed by atoms with van der Waals surface area (Å²) in [6.45, 7) is 4.30. The van der Waals surface area contributed by atoms with Gasteiger partial charge in [-0.25, -0.2) is 4.39 Å². The van der Waals surface area contributed by atoms with Crippen LogP contribution in [0.25, 0.3) is 0 Å². The highest BCUT2D eigenvalue weighted by molar-refractivity contribution is 7.99. The van der Waals surface area contributed by atoms with E-state index in [0.717, 1.165) is 36.8 Å². The Morgan fingerprint density at radius 1 is 1.21 bits per heavy atom. The van der Waals surface area contributed by atoms with E-state index in [0.29, 0.717) is 29.3 Å². The molecular formula is C26H32ClFN2O2S. The highest BCUT2D eigenvalue weighted by Crippen LogP contribution is 2.25. The molecule has 2 amide bonds. The van der Waals surface area contributed by atoms with Gasteiger partial charge in [0.1, 0.15) is 11.9 Å². The molecule has 0 aliphatic heterocycles. The molecule has 0 aromatic heterocycles. The van der Waals surface area contributed by atoms with Crippen molar-refractivity contribution >= 4 is 35.2 Å². The van der Waals surface area contributed by atoms with Crippen molar-refractivity contribution in [3.05, 3.63) is 70.0 Å². The van der Waals surface area contributed by atoms with Gasteiger partial charge in [0.25, 0.3) is 0 Å². The van der Waals surface area contributed by atoms with Crippen molar-refractivity contribution in [2.24, 2.45) is 0 Å². The van der Waals surface area contributed by atoms with E-state index in [9.17, 15) is 14.0 Å². The maximum Gasteiger partial charge on any atom is 0.243 e. The van der Waals surface area contributed by atoms with Crippen LogP contribution in [0, 0.1) is 12.7 Å². The Labute approximate surface area is 205 Å². The van der Waals surface area contributed by atoms with Crippen LogP contribution in [0.4, 0.5) is 4.39 Å². The third-order valence-corrected chi connectivity index (χ3v) is 7.35. The van der Waals surface area contributed by atoms with Crippen LogP contribution in [0.15, 0.2) is 42.5 Å². The van der Waals surface area contributed by atoms with Crippen molar-refractivity contribution in [2.75, 3.05) is 5.75 Å². The lowest BCUT2D eigenvalue weighted by Crippen LogP contribution is -2.51. The fourth-order valence-corrected chi connectivity index (χ4v) is 5.54. The zero-order valence-electron chi connectivity index (χ0n) is 19.3. The average molecular weight is 491 g/mol. The third kappa shape index (κ3) is 7.21. The molecule has 178 valence electrons. The molecule has 0 bridgehead atoms. The smallest absolute Gasteiger partial charge is 0.243 e. The van der Waals surface area contributed by atoms with Gasteiger partial charge < -0.3 is 10.2 Å². The summed E-state index contributed by atoms with van der Waals surface area (Å²) in [7, 11) is 0. The molecule has 7 heteroatoms. The first kappa shape index (κ1) is 25.6. The van der Waals surface area contributed by atoms with Crippen LogP contribution >= 0.6 is 23.4 Å². The van der Waals surface area contributed by atoms with Gasteiger partial charge in [-0.05, 0) is 43.9 Å². The fourth-order valence-electron chi connectivity index (χ4n) is 4.29. The molecule has 0 radical (unpaired) electrons. The summed E-state index contributed by atoms with van der Waals surface area (Å²) in [6, 6.07) is 12.2. The van der Waals surface area contributed by atoms with Crippen LogP contribution in [-0.2, 0) is 21.9 Å². The summed E-state index contributed by atoms with van der Waals surface area (Å²) in [5.41, 5.74) is 2.48. The van der Waals surface area contributed by atoms with Crippen LogP contribution in [0.5, 0.6) is 0 Å². The van der Waals surface area contributed by atoms with Gasteiger partial charge in [-0.1, -0.05) is 67.3 Å². The summed E-state index contributed by atoms with van der Waals surface area (Å²) in [5, 5.41) is 3.51. The highest BCUT2D eigenvalue weighted by Gasteiger charge is 2.30. The van der Waals surface area contributed by atoms with E-state index in [2.05, 4.69) is 5.32 Å². The number of hydrogen-bond donors (Lipinski definition) is 1. The van der Waals surface area contributed by atoms with E-state index in [-0.39, 0.29) is 29.4 Å². The molecule has 2 aromatic rings. The Bertz CT molecular complexity index is 945. The topological polar surface area (TPSA) is 49.4 Å². The van der Waals surface area contributed by atoms with Gasteiger partial charge in [-0.3, -0.25) is 9.59 Å². The molecule has 0 heterocycles. The quantitative estimate of drug-likeness (QED) is 0.452. The highest BCUT2D eigenvalue weighted by atomic mass is 35.5. The average Bonchev–Trinajstić information content (AvgIpc) is 3.28. The number of halogens is 2. The predicted octanol–water partition coefficient (Wildman–Crippen LogP) is 5.89. The number of aryl methyl sites for hydroxylation is 1. The minimum atomic E-state index is -0.545. The first-order valence-corrected chi connectivity index (χ1v) is 13.1. The Balaban J connectivity index is 1.73. The van der Waals surface area contributed by atoms with Crippen molar-refractivity contribution in [2.45, 2.75) is 70.3 Å². The largest absolute Gasteiger partial charge is 0.352 e. The van der Waals surface area contributed by atoms with Gasteiger partial charge in [-0.15, -0.1) is 11.8 Å². The molecule has 1 saturated carbocycles.